The van der Waals surface area contributed by atoms with E-state index in [-0.39, 0.29) is 73.2 Å². The third kappa shape index (κ3) is 37.3. The van der Waals surface area contributed by atoms with E-state index < -0.39 is 53.2 Å². The van der Waals surface area contributed by atoms with Gasteiger partial charge in [0.2, 0.25) is 0 Å². The van der Waals surface area contributed by atoms with E-state index in [2.05, 4.69) is 39.5 Å². The maximum Gasteiger partial charge on any atom is 0.343 e. The van der Waals surface area contributed by atoms with Crippen molar-refractivity contribution < 1.29 is 114 Å². The van der Waals surface area contributed by atoms with E-state index in [0.29, 0.717) is 125 Å². The molecule has 24 nitrogen and oxygen atoms in total. The van der Waals surface area contributed by atoms with Crippen LogP contribution < -0.4 is 37.9 Å². The topological polar surface area (TPSA) is 300 Å². The molecule has 24 heteroatoms. The number of rotatable bonds is 50. The normalized spacial score (nSPS) is 10.9. The molecule has 0 heterocycles. The molecule has 0 N–H and O–H groups in total. The van der Waals surface area contributed by atoms with Crippen molar-refractivity contribution in [3.05, 3.63) is 300 Å². The van der Waals surface area contributed by atoms with Crippen LogP contribution in [0.1, 0.15) is 156 Å². The highest BCUT2D eigenvalue weighted by Gasteiger charge is 2.30. The number of aryl methyl sites for hydroxylation is 2. The largest absolute Gasteiger partial charge is 0.494 e. The lowest BCUT2D eigenvalue weighted by Crippen LogP contribution is -2.33. The Morgan fingerprint density at radius 2 is 0.605 bits per heavy atom. The average molecular weight is 1760 g/mol. The molecule has 0 spiro atoms. The van der Waals surface area contributed by atoms with Crippen LogP contribution in [0, 0.1) is 25.2 Å². The maximum absolute atomic E-state index is 12.8. The summed E-state index contributed by atoms with van der Waals surface area (Å²) in [7, 11) is 0. The summed E-state index contributed by atoms with van der Waals surface area (Å²) in [6.45, 7) is 38.9. The SMILES string of the molecule is C=C(C)C(=O)OCCCCCCOc1ccc(C(=O)Oc2ccc(OC(=O)/C=C/c3ccc(-c4ccc(OCCC(C)(COC(=O)C(=C)C)COC(=O)C(=C)C)cc4)cc3)c(C)c2)cc1.C=C(C)C(=O)OCCCCCCOc1ccc(C(=O)Oc2ccc(OC(=O)/C=C/c3ccc(-c4ccc(OCCC(COC(=O)C(=C)C)COC(=O)C(=C)C)cc4)cc3)c(C)c2)cc1. The third-order valence-electron chi connectivity index (χ3n) is 19.3. The van der Waals surface area contributed by atoms with Crippen LogP contribution in [0.4, 0.5) is 0 Å². The van der Waals surface area contributed by atoms with Gasteiger partial charge in [-0.3, -0.25) is 0 Å². The number of carbonyl (C=O) groups is 10. The first-order chi connectivity index (χ1) is 61.7. The quantitative estimate of drug-likeness (QED) is 0.0112. The average Bonchev–Trinajstić information content (AvgIpc) is 0.856. The molecule has 0 fully saturated rings. The number of carbonyl (C=O) groups excluding carboxylic acids is 10. The fourth-order valence-corrected chi connectivity index (χ4v) is 11.6. The van der Waals surface area contributed by atoms with Gasteiger partial charge in [0.15, 0.2) is 0 Å². The van der Waals surface area contributed by atoms with Crippen molar-refractivity contribution in [3.8, 4) is 68.2 Å². The van der Waals surface area contributed by atoms with Crippen LogP contribution in [0.15, 0.2) is 267 Å². The summed E-state index contributed by atoms with van der Waals surface area (Å²) in [5, 5.41) is 0. The molecular weight excluding hydrogens is 1650 g/mol. The van der Waals surface area contributed by atoms with Gasteiger partial charge in [-0.1, -0.05) is 119 Å². The van der Waals surface area contributed by atoms with Gasteiger partial charge in [-0.2, -0.15) is 0 Å². The molecule has 0 aliphatic heterocycles. The summed E-state index contributed by atoms with van der Waals surface area (Å²) < 4.78 is 77.2. The monoisotopic (exact) mass is 1760 g/mol. The number of unbranched alkanes of at least 4 members (excludes halogenated alkanes) is 6. The van der Waals surface area contributed by atoms with Gasteiger partial charge in [-0.25, -0.2) is 47.9 Å². The molecule has 0 radical (unpaired) electrons. The second kappa shape index (κ2) is 53.1. The van der Waals surface area contributed by atoms with Gasteiger partial charge in [0, 0.05) is 56.9 Å². The fourth-order valence-electron chi connectivity index (χ4n) is 11.6. The minimum absolute atomic E-state index is 0.0185. The zero-order valence-electron chi connectivity index (χ0n) is 74.9. The molecule has 8 rings (SSSR count). The minimum Gasteiger partial charge on any atom is -0.494 e. The summed E-state index contributed by atoms with van der Waals surface area (Å²) in [5.41, 5.74) is 8.56. The van der Waals surface area contributed by atoms with Gasteiger partial charge in [0.05, 0.1) is 64.0 Å². The predicted octanol–water partition coefficient (Wildman–Crippen LogP) is 20.8. The second-order valence-corrected chi connectivity index (χ2v) is 31.2. The Bertz CT molecular complexity index is 5220. The van der Waals surface area contributed by atoms with E-state index in [1.165, 1.54) is 12.2 Å². The Morgan fingerprint density at radius 3 is 0.938 bits per heavy atom. The zero-order valence-corrected chi connectivity index (χ0v) is 74.9. The number of hydrogen-bond donors (Lipinski definition) is 0. The van der Waals surface area contributed by atoms with Gasteiger partial charge < -0.3 is 66.3 Å². The van der Waals surface area contributed by atoms with Crippen LogP contribution in [-0.4, -0.2) is 126 Å². The zero-order chi connectivity index (χ0) is 93.8. The van der Waals surface area contributed by atoms with E-state index in [0.717, 1.165) is 84.7 Å². The molecule has 0 bridgehead atoms. The number of hydrogen-bond acceptors (Lipinski definition) is 24. The molecule has 129 heavy (non-hydrogen) atoms. The molecule has 0 aromatic heterocycles. The predicted molar refractivity (Wildman–Crippen MR) is 493 cm³/mol. The first kappa shape index (κ1) is 102. The van der Waals surface area contributed by atoms with Crippen LogP contribution in [0.3, 0.4) is 0 Å². The van der Waals surface area contributed by atoms with Crippen molar-refractivity contribution in [3.63, 3.8) is 0 Å². The number of esters is 10. The molecule has 8 aromatic carbocycles. The van der Waals surface area contributed by atoms with Gasteiger partial charge in [0.25, 0.3) is 0 Å². The first-order valence-corrected chi connectivity index (χ1v) is 42.2. The highest BCUT2D eigenvalue weighted by Crippen LogP contribution is 2.32. The lowest BCUT2D eigenvalue weighted by Gasteiger charge is -2.28. The maximum atomic E-state index is 12.8. The smallest absolute Gasteiger partial charge is 0.343 e. The van der Waals surface area contributed by atoms with Crippen LogP contribution in [0.25, 0.3) is 34.4 Å². The molecule has 0 saturated heterocycles. The number of ether oxygens (including phenoxy) is 14. The van der Waals surface area contributed by atoms with E-state index in [1.807, 2.05) is 104 Å². The summed E-state index contributed by atoms with van der Waals surface area (Å²) >= 11 is 0. The van der Waals surface area contributed by atoms with E-state index in [1.54, 1.807) is 152 Å². The lowest BCUT2D eigenvalue weighted by atomic mass is 9.89. The van der Waals surface area contributed by atoms with Crippen molar-refractivity contribution in [1.29, 1.82) is 0 Å². The Morgan fingerprint density at radius 1 is 0.318 bits per heavy atom. The second-order valence-electron chi connectivity index (χ2n) is 31.2. The summed E-state index contributed by atoms with van der Waals surface area (Å²) in [6.07, 6.45) is 13.8. The Labute approximate surface area is 754 Å². The molecule has 0 amide bonds. The van der Waals surface area contributed by atoms with Crippen molar-refractivity contribution in [2.45, 2.75) is 127 Å². The molecular formula is C105H114O24. The highest BCUT2D eigenvalue weighted by atomic mass is 16.6. The van der Waals surface area contributed by atoms with Crippen LogP contribution >= 0.6 is 0 Å². The van der Waals surface area contributed by atoms with Gasteiger partial charge >= 0.3 is 59.7 Å². The Hall–Kier alpha value is -14.4. The standard InChI is InChI=1S/C53H58O12.C52H56O12/c1-36(2)49(55)61-31-12-10-9-11-30-59-44-24-20-43(21-25-44)52(58)64-46-26-27-47(39(7)33-46)65-48(54)28-15-40-13-16-41(17-14-40)42-18-22-45(23-19-42)60-32-29-53(8,34-62-50(56)37(3)4)35-63-51(57)38(5)6;1-35(2)49(54)60-30-11-9-8-10-29-58-44-23-19-43(20-24-44)52(57)63-46-25-26-47(38(7)32-46)64-48(53)27-14-39-12-15-41(16-13-39)42-17-21-45(22-18-42)59-31-28-40(33-61-50(55)36(3)4)34-62-51(56)37(5)6/h13-28,33H,1,3,5,9-12,29-32,34-35H2,2,4,6-8H3;12-27,32,40H,1,3,5,8-11,28-31,33-34H2,2,4,6-7H3/b28-15+;27-14+. The summed E-state index contributed by atoms with van der Waals surface area (Å²) in [6, 6.07) is 53.4. The highest BCUT2D eigenvalue weighted by molar-refractivity contribution is 5.94. The molecule has 0 atom stereocenters. The van der Waals surface area contributed by atoms with Gasteiger partial charge in [0.1, 0.15) is 59.2 Å². The third-order valence-corrected chi connectivity index (χ3v) is 19.3. The minimum atomic E-state index is -0.699. The van der Waals surface area contributed by atoms with Crippen molar-refractivity contribution >= 4 is 71.8 Å². The van der Waals surface area contributed by atoms with Crippen LogP contribution in [-0.2, 0) is 66.8 Å². The van der Waals surface area contributed by atoms with Crippen LogP contribution in [0.2, 0.25) is 0 Å². The molecule has 0 saturated carbocycles. The molecule has 0 aliphatic rings. The first-order valence-electron chi connectivity index (χ1n) is 42.2. The van der Waals surface area contributed by atoms with E-state index >= 15 is 0 Å². The van der Waals surface area contributed by atoms with E-state index in [9.17, 15) is 47.9 Å². The molecule has 0 aliphatic carbocycles. The molecule has 678 valence electrons. The summed E-state index contributed by atoms with van der Waals surface area (Å²) in [4.78, 5) is 122. The van der Waals surface area contributed by atoms with Crippen LogP contribution in [0.5, 0.6) is 46.0 Å². The van der Waals surface area contributed by atoms with Crippen molar-refractivity contribution in [2.24, 2.45) is 11.3 Å². The molecule has 0 unspecified atom stereocenters. The van der Waals surface area contributed by atoms with Crippen molar-refractivity contribution in [2.75, 3.05) is 66.1 Å². The Balaban J connectivity index is 0.000000353. The fraction of sp³-hybridized carbons (Fsp3) is 0.295. The summed E-state index contributed by atoms with van der Waals surface area (Å²) in [5.74, 6) is -1.45. The van der Waals surface area contributed by atoms with E-state index in [4.69, 9.17) is 66.3 Å². The van der Waals surface area contributed by atoms with Gasteiger partial charge in [-0.05, 0) is 285 Å². The number of benzene rings is 8. The van der Waals surface area contributed by atoms with Crippen molar-refractivity contribution in [1.82, 2.24) is 0 Å². The van der Waals surface area contributed by atoms with Gasteiger partial charge in [-0.15, -0.1) is 0 Å². The lowest BCUT2D eigenvalue weighted by molar-refractivity contribution is -0.149. The Kier molecular flexibility index (Phi) is 41.9. The molecule has 8 aromatic rings.